The summed E-state index contributed by atoms with van der Waals surface area (Å²) in [6.07, 6.45) is 1.25. The lowest BCUT2D eigenvalue weighted by molar-refractivity contribution is -0.120. The van der Waals surface area contributed by atoms with Crippen molar-refractivity contribution in [3.63, 3.8) is 0 Å². The highest BCUT2D eigenvalue weighted by molar-refractivity contribution is 7.89. The molecule has 0 saturated carbocycles. The van der Waals surface area contributed by atoms with Crippen LogP contribution in [0, 0.1) is 18.7 Å². The molecule has 1 aromatic carbocycles. The molecule has 1 amide bonds. The molecule has 1 aliphatic heterocycles. The number of carbonyl (C=O) groups is 2. The second kappa shape index (κ2) is 10.1. The van der Waals surface area contributed by atoms with E-state index in [1.165, 1.54) is 33.8 Å². The molecule has 3 rings (SSSR count). The van der Waals surface area contributed by atoms with Crippen LogP contribution in [-0.2, 0) is 26.0 Å². The number of piperidine rings is 1. The maximum Gasteiger partial charge on any atom is 0.341 e. The summed E-state index contributed by atoms with van der Waals surface area (Å²) in [4.78, 5) is 25.9. The lowest BCUT2D eigenvalue weighted by atomic mass is 9.97. The van der Waals surface area contributed by atoms with E-state index in [-0.39, 0.29) is 30.5 Å². The van der Waals surface area contributed by atoms with Crippen LogP contribution in [0.3, 0.4) is 0 Å². The second-order valence-electron chi connectivity index (χ2n) is 7.51. The summed E-state index contributed by atoms with van der Waals surface area (Å²) in [5.74, 6) is -1.93. The molecule has 0 aliphatic carbocycles. The summed E-state index contributed by atoms with van der Waals surface area (Å²) < 4.78 is 45.9. The van der Waals surface area contributed by atoms with Crippen LogP contribution in [0.25, 0.3) is 0 Å². The van der Waals surface area contributed by atoms with Gasteiger partial charge in [-0.1, -0.05) is 19.1 Å². The Labute approximate surface area is 191 Å². The molecule has 1 aromatic heterocycles. The van der Waals surface area contributed by atoms with Gasteiger partial charge in [-0.2, -0.15) is 4.31 Å². The molecule has 0 spiro atoms. The Balaban J connectivity index is 1.71. The molecule has 0 radical (unpaired) electrons. The zero-order valence-corrected chi connectivity index (χ0v) is 19.9. The average molecular weight is 483 g/mol. The van der Waals surface area contributed by atoms with Gasteiger partial charge in [0.05, 0.1) is 12.2 Å². The molecule has 0 unspecified atom stereocenters. The lowest BCUT2D eigenvalue weighted by Gasteiger charge is -2.30. The summed E-state index contributed by atoms with van der Waals surface area (Å²) in [7, 11) is -3.96. The Kier molecular flexibility index (Phi) is 7.68. The van der Waals surface area contributed by atoms with Gasteiger partial charge in [-0.25, -0.2) is 17.6 Å². The summed E-state index contributed by atoms with van der Waals surface area (Å²) in [5.41, 5.74) is 1.25. The highest BCUT2D eigenvalue weighted by Gasteiger charge is 2.34. The molecule has 1 fully saturated rings. The lowest BCUT2D eigenvalue weighted by Crippen LogP contribution is -2.41. The van der Waals surface area contributed by atoms with Crippen molar-refractivity contribution >= 4 is 38.2 Å². The monoisotopic (exact) mass is 482 g/mol. The number of nitrogens with zero attached hydrogens (tertiary/aromatic N) is 1. The van der Waals surface area contributed by atoms with Crippen molar-refractivity contribution < 1.29 is 27.1 Å². The van der Waals surface area contributed by atoms with Crippen molar-refractivity contribution in [1.29, 1.82) is 0 Å². The third kappa shape index (κ3) is 4.87. The predicted molar refractivity (Wildman–Crippen MR) is 121 cm³/mol. The fraction of sp³-hybridized carbons (Fsp3) is 0.455. The number of aryl methyl sites for hydroxylation is 1. The maximum absolute atomic E-state index is 14.0. The molecule has 7 nitrogen and oxygen atoms in total. The van der Waals surface area contributed by atoms with Gasteiger partial charge in [0.15, 0.2) is 0 Å². The Morgan fingerprint density at radius 3 is 2.47 bits per heavy atom. The van der Waals surface area contributed by atoms with E-state index in [0.29, 0.717) is 29.8 Å². The number of esters is 1. The topological polar surface area (TPSA) is 92.8 Å². The highest BCUT2D eigenvalue weighted by atomic mass is 32.2. The van der Waals surface area contributed by atoms with Gasteiger partial charge in [-0.15, -0.1) is 11.3 Å². The first kappa shape index (κ1) is 24.3. The van der Waals surface area contributed by atoms with Crippen LogP contribution in [0.15, 0.2) is 29.2 Å². The summed E-state index contributed by atoms with van der Waals surface area (Å²) in [6.45, 7) is 6.03. The minimum absolute atomic E-state index is 0.114. The van der Waals surface area contributed by atoms with Crippen molar-refractivity contribution in [3.8, 4) is 0 Å². The minimum Gasteiger partial charge on any atom is -0.462 e. The fourth-order valence-corrected chi connectivity index (χ4v) is 6.55. The van der Waals surface area contributed by atoms with Crippen LogP contribution >= 0.6 is 11.3 Å². The molecule has 1 N–H and O–H groups in total. The number of hydrogen-bond acceptors (Lipinski definition) is 6. The molecule has 1 saturated heterocycles. The highest BCUT2D eigenvalue weighted by Crippen LogP contribution is 2.35. The van der Waals surface area contributed by atoms with Gasteiger partial charge in [0.1, 0.15) is 15.7 Å². The molecule has 10 heteroatoms. The smallest absolute Gasteiger partial charge is 0.341 e. The van der Waals surface area contributed by atoms with Crippen LogP contribution < -0.4 is 5.32 Å². The van der Waals surface area contributed by atoms with E-state index in [9.17, 15) is 22.4 Å². The minimum atomic E-state index is -3.96. The number of halogens is 1. The van der Waals surface area contributed by atoms with E-state index in [4.69, 9.17) is 4.74 Å². The molecular formula is C22H27FN2O5S2. The van der Waals surface area contributed by atoms with Crippen molar-refractivity contribution in [2.24, 2.45) is 5.92 Å². The Hall–Kier alpha value is -2.30. The molecule has 2 aromatic rings. The number of sulfonamides is 1. The maximum atomic E-state index is 14.0. The van der Waals surface area contributed by atoms with E-state index in [0.717, 1.165) is 16.5 Å². The predicted octanol–water partition coefficient (Wildman–Crippen LogP) is 3.97. The summed E-state index contributed by atoms with van der Waals surface area (Å²) in [6, 6.07) is 5.27. The quantitative estimate of drug-likeness (QED) is 0.603. The zero-order chi connectivity index (χ0) is 23.5. The molecule has 0 bridgehead atoms. The number of ether oxygens (including phenoxy) is 1. The van der Waals surface area contributed by atoms with E-state index < -0.39 is 27.7 Å². The Morgan fingerprint density at radius 2 is 1.88 bits per heavy atom. The fourth-order valence-electron chi connectivity index (χ4n) is 3.88. The van der Waals surface area contributed by atoms with Gasteiger partial charge in [0, 0.05) is 23.9 Å². The third-order valence-electron chi connectivity index (χ3n) is 5.56. The van der Waals surface area contributed by atoms with Crippen LogP contribution in [0.5, 0.6) is 0 Å². The first-order valence-electron chi connectivity index (χ1n) is 10.6. The van der Waals surface area contributed by atoms with Crippen molar-refractivity contribution in [3.05, 3.63) is 46.1 Å². The van der Waals surface area contributed by atoms with Crippen LogP contribution in [0.1, 0.15) is 47.5 Å². The normalized spacial score (nSPS) is 15.5. The first-order valence-corrected chi connectivity index (χ1v) is 12.8. The number of nitrogens with one attached hydrogen (secondary N) is 1. The number of hydrogen-bond donors (Lipinski definition) is 1. The molecule has 32 heavy (non-hydrogen) atoms. The Bertz CT molecular complexity index is 1110. The zero-order valence-electron chi connectivity index (χ0n) is 18.3. The van der Waals surface area contributed by atoms with E-state index in [2.05, 4.69) is 5.32 Å². The van der Waals surface area contributed by atoms with Gasteiger partial charge >= 0.3 is 5.97 Å². The van der Waals surface area contributed by atoms with Crippen molar-refractivity contribution in [1.82, 2.24) is 4.31 Å². The van der Waals surface area contributed by atoms with Gasteiger partial charge in [-0.3, -0.25) is 4.79 Å². The number of amides is 1. The van der Waals surface area contributed by atoms with Crippen LogP contribution in [0.2, 0.25) is 0 Å². The van der Waals surface area contributed by atoms with Crippen molar-refractivity contribution in [2.75, 3.05) is 25.0 Å². The molecular weight excluding hydrogens is 455 g/mol. The van der Waals surface area contributed by atoms with Crippen LogP contribution in [0.4, 0.5) is 9.39 Å². The molecule has 1 aliphatic rings. The molecule has 174 valence electrons. The number of thiophene rings is 1. The third-order valence-corrected chi connectivity index (χ3v) is 8.55. The SMILES string of the molecule is CCOC(=O)c1c(NC(=O)C2CCN(S(=O)(=O)c3ccccc3F)CC2)sc(C)c1CC. The number of anilines is 1. The largest absolute Gasteiger partial charge is 0.462 e. The number of benzene rings is 1. The average Bonchev–Trinajstić information content (AvgIpc) is 3.08. The van der Waals surface area contributed by atoms with Gasteiger partial charge in [0.2, 0.25) is 15.9 Å². The van der Waals surface area contributed by atoms with Gasteiger partial charge in [-0.05, 0) is 50.8 Å². The van der Waals surface area contributed by atoms with Gasteiger partial charge in [0.25, 0.3) is 0 Å². The first-order chi connectivity index (χ1) is 15.2. The Morgan fingerprint density at radius 1 is 1.22 bits per heavy atom. The van der Waals surface area contributed by atoms with Crippen LogP contribution in [-0.4, -0.2) is 44.3 Å². The summed E-state index contributed by atoms with van der Waals surface area (Å²) >= 11 is 1.34. The number of carbonyl (C=O) groups excluding carboxylic acids is 2. The van der Waals surface area contributed by atoms with Crippen molar-refractivity contribution in [2.45, 2.75) is 44.9 Å². The van der Waals surface area contributed by atoms with E-state index >= 15 is 0 Å². The molecule has 2 heterocycles. The second-order valence-corrected chi connectivity index (χ2v) is 10.6. The van der Waals surface area contributed by atoms with E-state index in [1.807, 2.05) is 13.8 Å². The van der Waals surface area contributed by atoms with Gasteiger partial charge < -0.3 is 10.1 Å². The standard InChI is InChI=1S/C22H27FN2O5S2/c1-4-16-14(3)31-21(19(16)22(27)30-5-2)24-20(26)15-10-12-25(13-11-15)32(28,29)18-9-7-6-8-17(18)23/h6-9,15H,4-5,10-13H2,1-3H3,(H,24,26). The molecule has 0 atom stereocenters. The number of rotatable bonds is 7. The van der Waals surface area contributed by atoms with E-state index in [1.54, 1.807) is 6.92 Å². The summed E-state index contributed by atoms with van der Waals surface area (Å²) in [5, 5.41) is 3.32.